The van der Waals surface area contributed by atoms with Gasteiger partial charge in [-0.25, -0.2) is 4.31 Å². The monoisotopic (exact) mass is 285 g/mol. The van der Waals surface area contributed by atoms with Crippen molar-refractivity contribution in [2.45, 2.75) is 12.5 Å². The molecule has 1 aliphatic heterocycles. The summed E-state index contributed by atoms with van der Waals surface area (Å²) in [4.78, 5) is 11.3. The molecule has 0 aliphatic carbocycles. The highest BCUT2D eigenvalue weighted by Gasteiger charge is 2.46. The third-order valence-corrected chi connectivity index (χ3v) is 4.28. The molecule has 5 nitrogen and oxygen atoms in total. The van der Waals surface area contributed by atoms with Gasteiger partial charge in [0.1, 0.15) is 17.4 Å². The largest absolute Gasteiger partial charge is 0.459 e. The second-order valence-corrected chi connectivity index (χ2v) is 6.43. The normalized spacial score (nSPS) is 20.2. The van der Waals surface area contributed by atoms with Gasteiger partial charge in [0.2, 0.25) is 5.91 Å². The van der Waals surface area contributed by atoms with Crippen LogP contribution >= 0.6 is 10.7 Å². The van der Waals surface area contributed by atoms with Gasteiger partial charge in [0, 0.05) is 16.1 Å². The van der Waals surface area contributed by atoms with E-state index in [1.165, 1.54) is 0 Å². The summed E-state index contributed by atoms with van der Waals surface area (Å²) in [5.74, 6) is -0.0875. The van der Waals surface area contributed by atoms with E-state index < -0.39 is 21.2 Å². The predicted molar refractivity (Wildman–Crippen MR) is 65.2 cm³/mol. The Morgan fingerprint density at radius 2 is 2.06 bits per heavy atom. The molecular formula is C11H8ClNO4S. The van der Waals surface area contributed by atoms with E-state index >= 15 is 0 Å². The molecule has 7 heteroatoms. The van der Waals surface area contributed by atoms with Crippen LogP contribution in [0.1, 0.15) is 18.2 Å². The van der Waals surface area contributed by atoms with Crippen LogP contribution < -0.4 is 0 Å². The first-order valence-corrected chi connectivity index (χ1v) is 7.49. The molecule has 0 bridgehead atoms. The summed E-state index contributed by atoms with van der Waals surface area (Å²) < 4.78 is 28.7. The third kappa shape index (κ3) is 1.69. The molecule has 18 heavy (non-hydrogen) atoms. The topological polar surface area (TPSA) is 67.6 Å². The van der Waals surface area contributed by atoms with Gasteiger partial charge in [-0.15, -0.1) is 0 Å². The van der Waals surface area contributed by atoms with Crippen molar-refractivity contribution in [1.82, 2.24) is 4.31 Å². The van der Waals surface area contributed by atoms with Gasteiger partial charge in [-0.2, -0.15) is 8.42 Å². The number of benzene rings is 1. The highest BCUT2D eigenvalue weighted by atomic mass is 35.7. The van der Waals surface area contributed by atoms with Gasteiger partial charge in [-0.05, 0) is 12.1 Å². The van der Waals surface area contributed by atoms with Crippen molar-refractivity contribution in [3.05, 3.63) is 36.1 Å². The lowest BCUT2D eigenvalue weighted by atomic mass is 10.0. The van der Waals surface area contributed by atoms with E-state index in [2.05, 4.69) is 0 Å². The lowest BCUT2D eigenvalue weighted by Gasteiger charge is -2.35. The van der Waals surface area contributed by atoms with Gasteiger partial charge in [0.25, 0.3) is 0 Å². The molecule has 1 amide bonds. The third-order valence-electron chi connectivity index (χ3n) is 2.90. The van der Waals surface area contributed by atoms with Gasteiger partial charge >= 0.3 is 9.24 Å². The van der Waals surface area contributed by atoms with Gasteiger partial charge in [0.05, 0.1) is 6.42 Å². The maximum Gasteiger partial charge on any atom is 0.324 e. The number of para-hydroxylation sites is 1. The van der Waals surface area contributed by atoms with Crippen molar-refractivity contribution in [3.8, 4) is 0 Å². The number of carbonyl (C=O) groups excluding carboxylic acids is 1. The molecule has 2 heterocycles. The van der Waals surface area contributed by atoms with Gasteiger partial charge in [-0.1, -0.05) is 18.2 Å². The SMILES string of the molecule is O=C1CC(c2cc3ccccc3o2)N1S(=O)(=O)Cl. The van der Waals surface area contributed by atoms with Crippen LogP contribution in [0.15, 0.2) is 34.7 Å². The molecule has 1 atom stereocenters. The van der Waals surface area contributed by atoms with Crippen LogP contribution in [0.5, 0.6) is 0 Å². The summed E-state index contributed by atoms with van der Waals surface area (Å²) in [5, 5.41) is 0.860. The van der Waals surface area contributed by atoms with Crippen LogP contribution in [0.3, 0.4) is 0 Å². The highest BCUT2D eigenvalue weighted by Crippen LogP contribution is 2.40. The number of fused-ring (bicyclic) bond motifs is 1. The molecule has 0 N–H and O–H groups in total. The Kier molecular flexibility index (Phi) is 2.39. The van der Waals surface area contributed by atoms with Crippen LogP contribution in [-0.2, 0) is 14.0 Å². The molecule has 3 rings (SSSR count). The lowest BCUT2D eigenvalue weighted by Crippen LogP contribution is -2.47. The van der Waals surface area contributed by atoms with Crippen molar-refractivity contribution in [2.24, 2.45) is 0 Å². The van der Waals surface area contributed by atoms with E-state index in [4.69, 9.17) is 15.1 Å². The Hall–Kier alpha value is -1.53. The van der Waals surface area contributed by atoms with E-state index in [0.29, 0.717) is 15.6 Å². The van der Waals surface area contributed by atoms with E-state index in [1.807, 2.05) is 18.2 Å². The molecule has 1 aromatic carbocycles. The zero-order valence-electron chi connectivity index (χ0n) is 9.04. The van der Waals surface area contributed by atoms with Crippen LogP contribution in [0.4, 0.5) is 0 Å². The minimum Gasteiger partial charge on any atom is -0.459 e. The fourth-order valence-electron chi connectivity index (χ4n) is 2.06. The highest BCUT2D eigenvalue weighted by molar-refractivity contribution is 8.12. The zero-order valence-corrected chi connectivity index (χ0v) is 10.6. The number of nitrogens with zero attached hydrogens (tertiary/aromatic N) is 1. The predicted octanol–water partition coefficient (Wildman–Crippen LogP) is 2.19. The molecule has 1 aromatic heterocycles. The molecule has 94 valence electrons. The summed E-state index contributed by atoms with van der Waals surface area (Å²) in [6.45, 7) is 0. The minimum absolute atomic E-state index is 0.0891. The summed E-state index contributed by atoms with van der Waals surface area (Å²) in [7, 11) is 1.15. The summed E-state index contributed by atoms with van der Waals surface area (Å²) >= 11 is 0. The fourth-order valence-corrected chi connectivity index (χ4v) is 3.38. The van der Waals surface area contributed by atoms with E-state index in [1.54, 1.807) is 12.1 Å². The number of β-lactam (4-membered cyclic amide) rings is 1. The Labute approximate surface area is 107 Å². The van der Waals surface area contributed by atoms with E-state index in [9.17, 15) is 13.2 Å². The Bertz CT molecular complexity index is 703. The smallest absolute Gasteiger partial charge is 0.324 e. The first-order valence-electron chi connectivity index (χ1n) is 5.22. The summed E-state index contributed by atoms with van der Waals surface area (Å²) in [6, 6.07) is 8.39. The van der Waals surface area contributed by atoms with E-state index in [0.717, 1.165) is 5.39 Å². The number of amides is 1. The molecule has 0 saturated carbocycles. The Balaban J connectivity index is 2.03. The molecule has 2 aromatic rings. The van der Waals surface area contributed by atoms with Crippen molar-refractivity contribution in [1.29, 1.82) is 0 Å². The molecular weight excluding hydrogens is 278 g/mol. The van der Waals surface area contributed by atoms with Gasteiger partial charge in [0.15, 0.2) is 0 Å². The minimum atomic E-state index is -4.05. The quantitative estimate of drug-likeness (QED) is 0.626. The van der Waals surface area contributed by atoms with Crippen molar-refractivity contribution >= 4 is 36.8 Å². The number of hydrogen-bond donors (Lipinski definition) is 0. The number of furan rings is 1. The van der Waals surface area contributed by atoms with Crippen LogP contribution in [0, 0.1) is 0 Å². The average molecular weight is 286 g/mol. The molecule has 1 saturated heterocycles. The second kappa shape index (κ2) is 3.73. The molecule has 1 unspecified atom stereocenters. The number of hydrogen-bond acceptors (Lipinski definition) is 4. The van der Waals surface area contributed by atoms with Crippen LogP contribution in [-0.4, -0.2) is 18.6 Å². The van der Waals surface area contributed by atoms with Gasteiger partial charge < -0.3 is 4.42 Å². The lowest BCUT2D eigenvalue weighted by molar-refractivity contribution is -0.138. The van der Waals surface area contributed by atoms with Crippen molar-refractivity contribution in [3.63, 3.8) is 0 Å². The van der Waals surface area contributed by atoms with Crippen molar-refractivity contribution in [2.75, 3.05) is 0 Å². The first kappa shape index (κ1) is 11.6. The fraction of sp³-hybridized carbons (Fsp3) is 0.182. The molecule has 1 fully saturated rings. The molecule has 1 aliphatic rings. The number of halogens is 1. The first-order chi connectivity index (χ1) is 8.47. The second-order valence-electron chi connectivity index (χ2n) is 4.04. The maximum absolute atomic E-state index is 11.3. The standard InChI is InChI=1S/C11H8ClNO4S/c12-18(15,16)13-8(6-11(13)14)10-5-7-3-1-2-4-9(7)17-10/h1-5,8H,6H2. The van der Waals surface area contributed by atoms with Gasteiger partial charge in [-0.3, -0.25) is 4.79 Å². The number of rotatable bonds is 2. The molecule has 0 radical (unpaired) electrons. The van der Waals surface area contributed by atoms with Crippen LogP contribution in [0.2, 0.25) is 0 Å². The average Bonchev–Trinajstić information content (AvgIpc) is 2.65. The van der Waals surface area contributed by atoms with E-state index in [-0.39, 0.29) is 6.42 Å². The van der Waals surface area contributed by atoms with Crippen LogP contribution in [0.25, 0.3) is 11.0 Å². The Morgan fingerprint density at radius 1 is 1.33 bits per heavy atom. The summed E-state index contributed by atoms with van der Waals surface area (Å²) in [5.41, 5.74) is 0.652. The molecule has 0 spiro atoms. The van der Waals surface area contributed by atoms with Crippen molar-refractivity contribution < 1.29 is 17.6 Å². The Morgan fingerprint density at radius 3 is 2.67 bits per heavy atom. The zero-order chi connectivity index (χ0) is 12.9. The number of carbonyl (C=O) groups is 1. The maximum atomic E-state index is 11.3. The summed E-state index contributed by atoms with van der Waals surface area (Å²) in [6.07, 6.45) is 0.0891.